The van der Waals surface area contributed by atoms with Crippen LogP contribution in [-0.4, -0.2) is 15.6 Å². The Kier molecular flexibility index (Phi) is 3.45. The summed E-state index contributed by atoms with van der Waals surface area (Å²) in [4.78, 5) is 0. The summed E-state index contributed by atoms with van der Waals surface area (Å²) in [6.07, 6.45) is 4.52. The van der Waals surface area contributed by atoms with Gasteiger partial charge in [0, 0.05) is 18.8 Å². The Balaban J connectivity index is 2.24. The number of nitrogens with zero attached hydrogens (tertiary/aromatic N) is 2. The van der Waals surface area contributed by atoms with Gasteiger partial charge in [-0.25, -0.2) is 0 Å². The number of oxime groups is 1. The maximum atomic E-state index is 8.83. The summed E-state index contributed by atoms with van der Waals surface area (Å²) in [7, 11) is 0. The van der Waals surface area contributed by atoms with E-state index >= 15 is 0 Å². The van der Waals surface area contributed by atoms with Crippen LogP contribution in [0.3, 0.4) is 0 Å². The normalized spacial score (nSPS) is 13.5. The van der Waals surface area contributed by atoms with Crippen LogP contribution >= 0.6 is 0 Å². The van der Waals surface area contributed by atoms with E-state index in [4.69, 9.17) is 10.9 Å². The van der Waals surface area contributed by atoms with E-state index in [1.54, 1.807) is 0 Å². The molecule has 0 aliphatic rings. The lowest BCUT2D eigenvalue weighted by molar-refractivity contribution is 0.313. The Morgan fingerprint density at radius 2 is 1.82 bits per heavy atom. The zero-order valence-electron chi connectivity index (χ0n) is 9.40. The summed E-state index contributed by atoms with van der Waals surface area (Å²) in [6, 6.07) is 13.7. The Bertz CT molecular complexity index is 477. The van der Waals surface area contributed by atoms with E-state index < -0.39 is 0 Å². The van der Waals surface area contributed by atoms with Crippen molar-refractivity contribution in [1.29, 1.82) is 0 Å². The van der Waals surface area contributed by atoms with Crippen molar-refractivity contribution in [3.63, 3.8) is 0 Å². The predicted molar refractivity (Wildman–Crippen MR) is 67.0 cm³/mol. The van der Waals surface area contributed by atoms with Gasteiger partial charge in [-0.15, -0.1) is 0 Å². The third kappa shape index (κ3) is 2.66. The van der Waals surface area contributed by atoms with Crippen LogP contribution < -0.4 is 5.73 Å². The number of rotatable bonds is 4. The summed E-state index contributed by atoms with van der Waals surface area (Å²) >= 11 is 0. The SMILES string of the molecule is NC(=NO)[C@@H](Cc1ccccc1)n1cccc1. The highest BCUT2D eigenvalue weighted by atomic mass is 16.4. The van der Waals surface area contributed by atoms with E-state index in [0.717, 1.165) is 5.56 Å². The van der Waals surface area contributed by atoms with Crippen LogP contribution in [0.1, 0.15) is 11.6 Å². The molecule has 17 heavy (non-hydrogen) atoms. The molecule has 0 unspecified atom stereocenters. The molecule has 2 rings (SSSR count). The summed E-state index contributed by atoms with van der Waals surface area (Å²) in [5, 5.41) is 11.9. The molecule has 88 valence electrons. The van der Waals surface area contributed by atoms with Crippen molar-refractivity contribution in [2.24, 2.45) is 10.9 Å². The molecule has 4 heteroatoms. The first-order valence-corrected chi connectivity index (χ1v) is 5.45. The minimum absolute atomic E-state index is 0.155. The molecule has 0 spiro atoms. The third-order valence-electron chi connectivity index (χ3n) is 2.72. The summed E-state index contributed by atoms with van der Waals surface area (Å²) in [5.74, 6) is 0.213. The van der Waals surface area contributed by atoms with Crippen molar-refractivity contribution >= 4 is 5.84 Å². The second kappa shape index (κ2) is 5.21. The smallest absolute Gasteiger partial charge is 0.162 e. The van der Waals surface area contributed by atoms with E-state index in [2.05, 4.69) is 5.16 Å². The summed E-state index contributed by atoms with van der Waals surface area (Å²) in [6.45, 7) is 0. The maximum absolute atomic E-state index is 8.83. The van der Waals surface area contributed by atoms with Crippen molar-refractivity contribution in [2.75, 3.05) is 0 Å². The number of aromatic nitrogens is 1. The average molecular weight is 229 g/mol. The topological polar surface area (TPSA) is 63.5 Å². The van der Waals surface area contributed by atoms with Gasteiger partial charge in [-0.3, -0.25) is 0 Å². The molecular weight excluding hydrogens is 214 g/mol. The van der Waals surface area contributed by atoms with Crippen molar-refractivity contribution < 1.29 is 5.21 Å². The summed E-state index contributed by atoms with van der Waals surface area (Å²) in [5.41, 5.74) is 6.89. The molecule has 1 aromatic carbocycles. The predicted octanol–water partition coefficient (Wildman–Crippen LogP) is 2.02. The molecule has 0 fully saturated rings. The first-order chi connectivity index (χ1) is 8.31. The molecule has 1 aromatic heterocycles. The lowest BCUT2D eigenvalue weighted by Gasteiger charge is -2.17. The molecule has 1 heterocycles. The number of benzene rings is 1. The first kappa shape index (κ1) is 11.3. The van der Waals surface area contributed by atoms with Crippen LogP contribution in [0.25, 0.3) is 0 Å². The van der Waals surface area contributed by atoms with Crippen molar-refractivity contribution in [2.45, 2.75) is 12.5 Å². The van der Waals surface area contributed by atoms with Gasteiger partial charge in [-0.2, -0.15) is 0 Å². The largest absolute Gasteiger partial charge is 0.409 e. The number of hydrogen-bond donors (Lipinski definition) is 2. The Labute approximate surface area is 100.0 Å². The zero-order chi connectivity index (χ0) is 12.1. The van der Waals surface area contributed by atoms with Gasteiger partial charge in [0.25, 0.3) is 0 Å². The van der Waals surface area contributed by atoms with Gasteiger partial charge in [-0.1, -0.05) is 35.5 Å². The Morgan fingerprint density at radius 1 is 1.18 bits per heavy atom. The molecule has 0 radical (unpaired) electrons. The molecule has 0 aliphatic heterocycles. The second-order valence-corrected chi connectivity index (χ2v) is 3.86. The van der Waals surface area contributed by atoms with Crippen LogP contribution in [0.4, 0.5) is 0 Å². The highest BCUT2D eigenvalue weighted by molar-refractivity contribution is 5.84. The molecule has 3 N–H and O–H groups in total. The highest BCUT2D eigenvalue weighted by Gasteiger charge is 2.15. The first-order valence-electron chi connectivity index (χ1n) is 5.45. The van der Waals surface area contributed by atoms with Crippen molar-refractivity contribution in [3.05, 3.63) is 60.4 Å². The van der Waals surface area contributed by atoms with E-state index in [9.17, 15) is 0 Å². The fourth-order valence-corrected chi connectivity index (χ4v) is 1.82. The van der Waals surface area contributed by atoms with Gasteiger partial charge >= 0.3 is 0 Å². The molecule has 0 bridgehead atoms. The summed E-state index contributed by atoms with van der Waals surface area (Å²) < 4.78 is 1.93. The maximum Gasteiger partial charge on any atom is 0.162 e. The minimum Gasteiger partial charge on any atom is -0.409 e. The molecule has 4 nitrogen and oxygen atoms in total. The monoisotopic (exact) mass is 229 g/mol. The Morgan fingerprint density at radius 3 is 2.41 bits per heavy atom. The van der Waals surface area contributed by atoms with E-state index in [-0.39, 0.29) is 11.9 Å². The van der Waals surface area contributed by atoms with E-state index in [1.807, 2.05) is 59.4 Å². The van der Waals surface area contributed by atoms with E-state index in [0.29, 0.717) is 6.42 Å². The molecule has 2 aromatic rings. The zero-order valence-corrected chi connectivity index (χ0v) is 9.40. The molecule has 0 saturated heterocycles. The number of nitrogens with two attached hydrogens (primary N) is 1. The highest BCUT2D eigenvalue weighted by Crippen LogP contribution is 2.14. The van der Waals surface area contributed by atoms with Gasteiger partial charge in [0.2, 0.25) is 0 Å². The standard InChI is InChI=1S/C13H15N3O/c14-13(15-17)12(16-8-4-5-9-16)10-11-6-2-1-3-7-11/h1-9,12,17H,10H2,(H2,14,15)/t12-/m1/s1. The fraction of sp³-hybridized carbons (Fsp3) is 0.154. The third-order valence-corrected chi connectivity index (χ3v) is 2.72. The van der Waals surface area contributed by atoms with E-state index in [1.165, 1.54) is 0 Å². The van der Waals surface area contributed by atoms with Crippen LogP contribution in [-0.2, 0) is 6.42 Å². The second-order valence-electron chi connectivity index (χ2n) is 3.86. The van der Waals surface area contributed by atoms with Gasteiger partial charge < -0.3 is 15.5 Å². The van der Waals surface area contributed by atoms with Gasteiger partial charge in [0.15, 0.2) is 5.84 Å². The van der Waals surface area contributed by atoms with Gasteiger partial charge in [0.1, 0.15) is 0 Å². The fourth-order valence-electron chi connectivity index (χ4n) is 1.82. The molecule has 0 amide bonds. The lowest BCUT2D eigenvalue weighted by atomic mass is 10.1. The quantitative estimate of drug-likeness (QED) is 0.364. The van der Waals surface area contributed by atoms with Gasteiger partial charge in [-0.05, 0) is 17.7 Å². The van der Waals surface area contributed by atoms with Crippen LogP contribution in [0.15, 0.2) is 60.0 Å². The Hall–Kier alpha value is -2.23. The lowest BCUT2D eigenvalue weighted by Crippen LogP contribution is -2.28. The van der Waals surface area contributed by atoms with Crippen molar-refractivity contribution in [1.82, 2.24) is 4.57 Å². The van der Waals surface area contributed by atoms with Gasteiger partial charge in [0.05, 0.1) is 6.04 Å². The molecular formula is C13H15N3O. The van der Waals surface area contributed by atoms with Crippen LogP contribution in [0.2, 0.25) is 0 Å². The minimum atomic E-state index is -0.155. The molecule has 0 aliphatic carbocycles. The van der Waals surface area contributed by atoms with Crippen LogP contribution in [0.5, 0.6) is 0 Å². The number of hydrogen-bond acceptors (Lipinski definition) is 2. The molecule has 0 saturated carbocycles. The van der Waals surface area contributed by atoms with Crippen molar-refractivity contribution in [3.8, 4) is 0 Å². The molecule has 1 atom stereocenters. The number of amidine groups is 1. The van der Waals surface area contributed by atoms with Crippen LogP contribution in [0, 0.1) is 0 Å². The average Bonchev–Trinajstić information content (AvgIpc) is 2.90.